The first kappa shape index (κ1) is 30.2. The van der Waals surface area contributed by atoms with Crippen molar-refractivity contribution in [3.05, 3.63) is 78.0 Å². The fourth-order valence-electron chi connectivity index (χ4n) is 4.59. The number of nitrogens with zero attached hydrogens (tertiary/aromatic N) is 2. The van der Waals surface area contributed by atoms with Crippen LogP contribution in [0.5, 0.6) is 0 Å². The third-order valence-electron chi connectivity index (χ3n) is 6.83. The minimum atomic E-state index is 0.527. The van der Waals surface area contributed by atoms with Crippen LogP contribution in [-0.2, 0) is 22.5 Å². The molecule has 5 nitrogen and oxygen atoms in total. The fourth-order valence-corrected chi connectivity index (χ4v) is 4.59. The Labute approximate surface area is 225 Å². The highest BCUT2D eigenvalue weighted by Crippen LogP contribution is 2.36. The summed E-state index contributed by atoms with van der Waals surface area (Å²) in [6.45, 7) is 19.1. The van der Waals surface area contributed by atoms with Gasteiger partial charge >= 0.3 is 0 Å². The van der Waals surface area contributed by atoms with E-state index in [4.69, 9.17) is 0 Å². The predicted molar refractivity (Wildman–Crippen MR) is 159 cm³/mol. The molecule has 0 aliphatic carbocycles. The second kappa shape index (κ2) is 15.9. The Morgan fingerprint density at radius 2 is 2.00 bits per heavy atom. The molecule has 0 aromatic heterocycles. The molecule has 0 fully saturated rings. The number of rotatable bonds is 14. The first-order valence-corrected chi connectivity index (χ1v) is 13.5. The summed E-state index contributed by atoms with van der Waals surface area (Å²) in [7, 11) is 4.12. The van der Waals surface area contributed by atoms with Crippen molar-refractivity contribution in [2.24, 2.45) is 5.92 Å². The molecule has 0 radical (unpaired) electrons. The van der Waals surface area contributed by atoms with Gasteiger partial charge in [-0.15, -0.1) is 0 Å². The summed E-state index contributed by atoms with van der Waals surface area (Å²) in [6.07, 6.45) is 5.50. The molecule has 1 N–H and O–H groups in total. The lowest BCUT2D eigenvalue weighted by Gasteiger charge is -2.21. The summed E-state index contributed by atoms with van der Waals surface area (Å²) >= 11 is 0. The van der Waals surface area contributed by atoms with Crippen molar-refractivity contribution in [1.29, 1.82) is 0 Å². The van der Waals surface area contributed by atoms with Crippen LogP contribution in [0.15, 0.2) is 61.3 Å². The minimum absolute atomic E-state index is 0.527. The Balaban J connectivity index is 0.000000283. The first-order valence-electron chi connectivity index (χ1n) is 13.5. The molecule has 5 heteroatoms. The highest BCUT2D eigenvalue weighted by molar-refractivity contribution is 5.71. The van der Waals surface area contributed by atoms with Crippen molar-refractivity contribution in [2.45, 2.75) is 59.4 Å². The normalized spacial score (nSPS) is 13.0. The second-order valence-corrected chi connectivity index (χ2v) is 10.2. The van der Waals surface area contributed by atoms with Gasteiger partial charge in [0, 0.05) is 37.1 Å². The van der Waals surface area contributed by atoms with E-state index in [1.165, 1.54) is 48.3 Å². The van der Waals surface area contributed by atoms with Crippen LogP contribution in [0.4, 0.5) is 11.4 Å². The maximum atomic E-state index is 9.91. The van der Waals surface area contributed by atoms with E-state index in [1.807, 2.05) is 14.0 Å². The molecule has 1 aliphatic rings. The Kier molecular flexibility index (Phi) is 13.0. The maximum absolute atomic E-state index is 9.91. The Morgan fingerprint density at radius 3 is 2.68 bits per heavy atom. The third-order valence-corrected chi connectivity index (χ3v) is 6.83. The summed E-state index contributed by atoms with van der Waals surface area (Å²) in [5.41, 5.74) is 8.51. The molecule has 2 aromatic rings. The van der Waals surface area contributed by atoms with Gasteiger partial charge in [0.05, 0.1) is 6.61 Å². The van der Waals surface area contributed by atoms with Crippen molar-refractivity contribution < 1.29 is 9.53 Å². The molecule has 0 amide bonds. The van der Waals surface area contributed by atoms with Crippen molar-refractivity contribution in [3.8, 4) is 0 Å². The number of benzene rings is 2. The standard InChI is InChI=1S/C20H22N2.C12H25NO2/c1-14(2)17-8-9-20-18(12-17)10-15(3)22(20)13-16-6-5-7-19(11-16)21-4;1-4-8-13(3)9-7-12(2)6-5-10-15-11-14/h5-9,11-12,21H,1,3,10,13H2,2,4H3;11-12H,4-10H2,1-3H3. The zero-order chi connectivity index (χ0) is 27.2. The monoisotopic (exact) mass is 505 g/mol. The van der Waals surface area contributed by atoms with Gasteiger partial charge in [0.25, 0.3) is 6.47 Å². The van der Waals surface area contributed by atoms with Crippen molar-refractivity contribution in [1.82, 2.24) is 4.90 Å². The smallest absolute Gasteiger partial charge is 0.293 e. The SMILES string of the molecule is C=C(C)c1ccc2c(c1)CC(=C)N2Cc1cccc(NC)c1.CCCN(C)CCC(C)CCCOC=O. The maximum Gasteiger partial charge on any atom is 0.293 e. The van der Waals surface area contributed by atoms with Crippen LogP contribution in [0, 0.1) is 5.92 Å². The van der Waals surface area contributed by atoms with Gasteiger partial charge in [0.15, 0.2) is 0 Å². The van der Waals surface area contributed by atoms with E-state index in [9.17, 15) is 4.79 Å². The quantitative estimate of drug-likeness (QED) is 0.218. The van der Waals surface area contributed by atoms with E-state index in [2.05, 4.69) is 96.4 Å². The van der Waals surface area contributed by atoms with Crippen LogP contribution in [-0.4, -0.2) is 45.2 Å². The van der Waals surface area contributed by atoms with Crippen molar-refractivity contribution >= 4 is 23.4 Å². The molecule has 0 spiro atoms. The number of carbonyl (C=O) groups is 1. The zero-order valence-corrected chi connectivity index (χ0v) is 23.7. The van der Waals surface area contributed by atoms with Crippen LogP contribution >= 0.6 is 0 Å². The Bertz CT molecular complexity index is 1020. The van der Waals surface area contributed by atoms with Gasteiger partial charge < -0.3 is 19.9 Å². The highest BCUT2D eigenvalue weighted by atomic mass is 16.5. The number of nitrogens with one attached hydrogen (secondary N) is 1. The van der Waals surface area contributed by atoms with Gasteiger partial charge in [-0.2, -0.15) is 0 Å². The van der Waals surface area contributed by atoms with Gasteiger partial charge in [-0.25, -0.2) is 0 Å². The molecule has 202 valence electrons. The van der Waals surface area contributed by atoms with Crippen LogP contribution in [0.25, 0.3) is 5.57 Å². The van der Waals surface area contributed by atoms with E-state index in [0.717, 1.165) is 48.7 Å². The zero-order valence-electron chi connectivity index (χ0n) is 23.7. The lowest BCUT2D eigenvalue weighted by molar-refractivity contribution is -0.128. The van der Waals surface area contributed by atoms with Crippen LogP contribution in [0.2, 0.25) is 0 Å². The fraction of sp³-hybridized carbons (Fsp3) is 0.469. The van der Waals surface area contributed by atoms with Crippen molar-refractivity contribution in [3.63, 3.8) is 0 Å². The number of carbonyl (C=O) groups excluding carboxylic acids is 1. The van der Waals surface area contributed by atoms with Gasteiger partial charge in [0.1, 0.15) is 0 Å². The molecule has 2 aromatic carbocycles. The van der Waals surface area contributed by atoms with E-state index in [0.29, 0.717) is 13.1 Å². The molecular weight excluding hydrogens is 458 g/mol. The average Bonchev–Trinajstić information content (AvgIpc) is 3.20. The molecule has 3 rings (SSSR count). The lowest BCUT2D eigenvalue weighted by atomic mass is 10.0. The predicted octanol–water partition coefficient (Wildman–Crippen LogP) is 7.15. The molecule has 1 heterocycles. The summed E-state index contributed by atoms with van der Waals surface area (Å²) in [4.78, 5) is 14.6. The number of allylic oxidation sites excluding steroid dienone is 2. The van der Waals surface area contributed by atoms with E-state index >= 15 is 0 Å². The topological polar surface area (TPSA) is 44.8 Å². The van der Waals surface area contributed by atoms with E-state index in [-0.39, 0.29) is 0 Å². The molecule has 1 aliphatic heterocycles. The molecule has 0 saturated heterocycles. The van der Waals surface area contributed by atoms with Crippen molar-refractivity contribution in [2.75, 3.05) is 44.0 Å². The number of hydrogen-bond acceptors (Lipinski definition) is 5. The minimum Gasteiger partial charge on any atom is -0.468 e. The summed E-state index contributed by atoms with van der Waals surface area (Å²) in [5.74, 6) is 0.722. The number of anilines is 2. The second-order valence-electron chi connectivity index (χ2n) is 10.2. The third kappa shape index (κ3) is 10.1. The van der Waals surface area contributed by atoms with E-state index in [1.54, 1.807) is 0 Å². The first-order chi connectivity index (χ1) is 17.8. The van der Waals surface area contributed by atoms with Gasteiger partial charge in [0.2, 0.25) is 0 Å². The molecular formula is C32H47N3O2. The van der Waals surface area contributed by atoms with E-state index < -0.39 is 0 Å². The number of fused-ring (bicyclic) bond motifs is 1. The number of ether oxygens (including phenoxy) is 1. The van der Waals surface area contributed by atoms with Crippen LogP contribution in [0.1, 0.15) is 63.1 Å². The van der Waals surface area contributed by atoms with Gasteiger partial charge in [-0.1, -0.05) is 50.8 Å². The summed E-state index contributed by atoms with van der Waals surface area (Å²) in [5, 5.41) is 3.19. The van der Waals surface area contributed by atoms with Gasteiger partial charge in [-0.05, 0) is 99.6 Å². The highest BCUT2D eigenvalue weighted by Gasteiger charge is 2.23. The Hall–Kier alpha value is -3.05. The molecule has 1 unspecified atom stereocenters. The molecule has 0 bridgehead atoms. The molecule has 0 saturated carbocycles. The summed E-state index contributed by atoms with van der Waals surface area (Å²) in [6, 6.07) is 15.1. The molecule has 1 atom stereocenters. The molecule has 37 heavy (non-hydrogen) atoms. The Morgan fingerprint density at radius 1 is 1.22 bits per heavy atom. The van der Waals surface area contributed by atoms with Crippen LogP contribution in [0.3, 0.4) is 0 Å². The lowest BCUT2D eigenvalue weighted by Crippen LogP contribution is -2.22. The summed E-state index contributed by atoms with van der Waals surface area (Å²) < 4.78 is 4.66. The number of hydrogen-bond donors (Lipinski definition) is 1. The van der Waals surface area contributed by atoms with Crippen LogP contribution < -0.4 is 10.2 Å². The average molecular weight is 506 g/mol. The largest absolute Gasteiger partial charge is 0.468 e. The van der Waals surface area contributed by atoms with Gasteiger partial charge in [-0.3, -0.25) is 4.79 Å².